The maximum atomic E-state index is 14.7. The molecule has 0 bridgehead atoms. The number of esters is 1. The largest absolute Gasteiger partial charge is 0.466 e. The third kappa shape index (κ3) is 4.32. The van der Waals surface area contributed by atoms with Crippen LogP contribution >= 0.6 is 34.5 Å². The lowest BCUT2D eigenvalue weighted by atomic mass is 9.99. The molecule has 1 unspecified atom stereocenters. The van der Waals surface area contributed by atoms with E-state index in [-0.39, 0.29) is 5.97 Å². The molecule has 3 aromatic rings. The van der Waals surface area contributed by atoms with Crippen LogP contribution < -0.4 is 0 Å². The predicted octanol–water partition coefficient (Wildman–Crippen LogP) is 6.59. The lowest BCUT2D eigenvalue weighted by molar-refractivity contribution is -0.144. The SMILES string of the molecule is CCOC(=O)C(C)c1ccc(-c2ncc(-c3ccc(Cl)cc3Cl)s2)c(F)c1. The Morgan fingerprint density at radius 3 is 2.63 bits per heavy atom. The first-order chi connectivity index (χ1) is 12.9. The second-order valence-electron chi connectivity index (χ2n) is 5.87. The van der Waals surface area contributed by atoms with Gasteiger partial charge in [0.15, 0.2) is 0 Å². The first-order valence-electron chi connectivity index (χ1n) is 8.28. The molecule has 0 aliphatic heterocycles. The molecule has 3 rings (SSSR count). The average Bonchev–Trinajstić information content (AvgIpc) is 3.10. The molecule has 1 aromatic heterocycles. The number of hydrogen-bond donors (Lipinski definition) is 0. The summed E-state index contributed by atoms with van der Waals surface area (Å²) in [6.45, 7) is 3.72. The molecule has 3 nitrogen and oxygen atoms in total. The summed E-state index contributed by atoms with van der Waals surface area (Å²) in [5.74, 6) is -1.35. The maximum absolute atomic E-state index is 14.7. The first-order valence-corrected chi connectivity index (χ1v) is 9.85. The number of halogens is 3. The lowest BCUT2D eigenvalue weighted by Crippen LogP contribution is -2.13. The Hall–Kier alpha value is -1.95. The zero-order valence-electron chi connectivity index (χ0n) is 14.6. The minimum Gasteiger partial charge on any atom is -0.466 e. The van der Waals surface area contributed by atoms with E-state index in [1.54, 1.807) is 44.3 Å². The standard InChI is InChI=1S/C20H16Cl2FNO2S/c1-3-26-20(25)11(2)12-4-6-15(17(23)8-12)19-24-10-18(27-19)14-7-5-13(21)9-16(14)22/h4-11H,3H2,1-2H3. The summed E-state index contributed by atoms with van der Waals surface area (Å²) in [4.78, 5) is 17.0. The van der Waals surface area contributed by atoms with E-state index >= 15 is 0 Å². The lowest BCUT2D eigenvalue weighted by Gasteiger charge is -2.11. The van der Waals surface area contributed by atoms with Crippen LogP contribution in [-0.2, 0) is 9.53 Å². The van der Waals surface area contributed by atoms with Crippen LogP contribution in [0.1, 0.15) is 25.3 Å². The fourth-order valence-corrected chi connectivity index (χ4v) is 4.14. The number of rotatable bonds is 5. The number of carbonyl (C=O) groups excluding carboxylic acids is 1. The fraction of sp³-hybridized carbons (Fsp3) is 0.200. The third-order valence-corrected chi connectivity index (χ3v) is 5.68. The highest BCUT2D eigenvalue weighted by Gasteiger charge is 2.19. The van der Waals surface area contributed by atoms with Crippen molar-refractivity contribution in [3.63, 3.8) is 0 Å². The molecule has 1 atom stereocenters. The van der Waals surface area contributed by atoms with Crippen LogP contribution in [0.4, 0.5) is 4.39 Å². The van der Waals surface area contributed by atoms with E-state index in [9.17, 15) is 9.18 Å². The molecule has 7 heteroatoms. The smallest absolute Gasteiger partial charge is 0.313 e. The average molecular weight is 424 g/mol. The summed E-state index contributed by atoms with van der Waals surface area (Å²) in [5.41, 5.74) is 1.72. The van der Waals surface area contributed by atoms with Crippen molar-refractivity contribution >= 4 is 40.5 Å². The van der Waals surface area contributed by atoms with Crippen LogP contribution in [0.25, 0.3) is 21.0 Å². The second kappa shape index (κ2) is 8.38. The van der Waals surface area contributed by atoms with E-state index in [1.807, 2.05) is 6.07 Å². The van der Waals surface area contributed by atoms with Crippen LogP contribution in [0.15, 0.2) is 42.6 Å². The maximum Gasteiger partial charge on any atom is 0.313 e. The number of benzene rings is 2. The number of ether oxygens (including phenoxy) is 1. The molecule has 0 aliphatic rings. The predicted molar refractivity (Wildman–Crippen MR) is 108 cm³/mol. The highest BCUT2D eigenvalue weighted by molar-refractivity contribution is 7.18. The minimum atomic E-state index is -0.534. The molecule has 1 heterocycles. The number of thiazole rings is 1. The van der Waals surface area contributed by atoms with E-state index in [1.165, 1.54) is 17.4 Å². The van der Waals surface area contributed by atoms with Gasteiger partial charge in [0.25, 0.3) is 0 Å². The van der Waals surface area contributed by atoms with Gasteiger partial charge < -0.3 is 4.74 Å². The van der Waals surface area contributed by atoms with Crippen LogP contribution in [-0.4, -0.2) is 17.6 Å². The molecule has 0 amide bonds. The van der Waals surface area contributed by atoms with Gasteiger partial charge in [-0.25, -0.2) is 9.37 Å². The Labute approximate surface area is 170 Å². The molecule has 0 saturated carbocycles. The molecule has 0 saturated heterocycles. The van der Waals surface area contributed by atoms with Gasteiger partial charge in [0, 0.05) is 22.3 Å². The van der Waals surface area contributed by atoms with Crippen LogP contribution in [0, 0.1) is 5.82 Å². The quantitative estimate of drug-likeness (QED) is 0.434. The summed E-state index contributed by atoms with van der Waals surface area (Å²) in [6.07, 6.45) is 1.66. The molecule has 0 N–H and O–H groups in total. The van der Waals surface area contributed by atoms with E-state index in [2.05, 4.69) is 4.98 Å². The van der Waals surface area contributed by atoms with Crippen molar-refractivity contribution < 1.29 is 13.9 Å². The van der Waals surface area contributed by atoms with Gasteiger partial charge in [-0.3, -0.25) is 4.79 Å². The molecule has 0 fully saturated rings. The van der Waals surface area contributed by atoms with Crippen molar-refractivity contribution in [2.45, 2.75) is 19.8 Å². The Balaban J connectivity index is 1.89. The number of carbonyl (C=O) groups is 1. The van der Waals surface area contributed by atoms with Gasteiger partial charge >= 0.3 is 5.97 Å². The third-order valence-electron chi connectivity index (χ3n) is 4.07. The van der Waals surface area contributed by atoms with Crippen molar-refractivity contribution in [3.05, 3.63) is 64.0 Å². The topological polar surface area (TPSA) is 39.2 Å². The minimum absolute atomic E-state index is 0.291. The van der Waals surface area contributed by atoms with Gasteiger partial charge in [-0.2, -0.15) is 0 Å². The number of hydrogen-bond acceptors (Lipinski definition) is 4. The molecule has 27 heavy (non-hydrogen) atoms. The van der Waals surface area contributed by atoms with Gasteiger partial charge in [-0.15, -0.1) is 11.3 Å². The van der Waals surface area contributed by atoms with E-state index in [4.69, 9.17) is 27.9 Å². The van der Waals surface area contributed by atoms with Crippen molar-refractivity contribution in [2.24, 2.45) is 0 Å². The molecule has 140 valence electrons. The van der Waals surface area contributed by atoms with Crippen LogP contribution in [0.3, 0.4) is 0 Å². The highest BCUT2D eigenvalue weighted by Crippen LogP contribution is 2.37. The summed E-state index contributed by atoms with van der Waals surface area (Å²) < 4.78 is 19.7. The van der Waals surface area contributed by atoms with Gasteiger partial charge in [0.2, 0.25) is 0 Å². The van der Waals surface area contributed by atoms with E-state index in [0.29, 0.717) is 32.8 Å². The molecule has 2 aromatic carbocycles. The monoisotopic (exact) mass is 423 g/mol. The fourth-order valence-electron chi connectivity index (χ4n) is 2.59. The van der Waals surface area contributed by atoms with Crippen molar-refractivity contribution in [2.75, 3.05) is 6.61 Å². The second-order valence-corrected chi connectivity index (χ2v) is 7.74. The molecule has 0 spiro atoms. The van der Waals surface area contributed by atoms with Crippen LogP contribution in [0.2, 0.25) is 10.0 Å². The Kier molecular flexibility index (Phi) is 6.15. The van der Waals surface area contributed by atoms with Crippen molar-refractivity contribution in [1.29, 1.82) is 0 Å². The normalized spacial score (nSPS) is 12.0. The van der Waals surface area contributed by atoms with E-state index < -0.39 is 11.7 Å². The van der Waals surface area contributed by atoms with Gasteiger partial charge in [-0.1, -0.05) is 35.3 Å². The molecular formula is C20H16Cl2FNO2S. The molecule has 0 aliphatic carbocycles. The number of aromatic nitrogens is 1. The van der Waals surface area contributed by atoms with E-state index in [0.717, 1.165) is 10.4 Å². The van der Waals surface area contributed by atoms with Gasteiger partial charge in [0.1, 0.15) is 10.8 Å². The Bertz CT molecular complexity index is 990. The summed E-state index contributed by atoms with van der Waals surface area (Å²) in [5, 5.41) is 1.59. The zero-order chi connectivity index (χ0) is 19.6. The van der Waals surface area contributed by atoms with Crippen LogP contribution in [0.5, 0.6) is 0 Å². The number of nitrogens with zero attached hydrogens (tertiary/aromatic N) is 1. The molecule has 0 radical (unpaired) electrons. The molecular weight excluding hydrogens is 408 g/mol. The first kappa shape index (κ1) is 19.8. The summed E-state index contributed by atoms with van der Waals surface area (Å²) in [6, 6.07) is 9.91. The van der Waals surface area contributed by atoms with Crippen molar-refractivity contribution in [3.8, 4) is 21.0 Å². The Morgan fingerprint density at radius 2 is 1.96 bits per heavy atom. The van der Waals surface area contributed by atoms with Gasteiger partial charge in [-0.05, 0) is 43.7 Å². The van der Waals surface area contributed by atoms with Gasteiger partial charge in [0.05, 0.1) is 22.4 Å². The zero-order valence-corrected chi connectivity index (χ0v) is 17.0. The summed E-state index contributed by atoms with van der Waals surface area (Å²) in [7, 11) is 0. The Morgan fingerprint density at radius 1 is 1.22 bits per heavy atom. The highest BCUT2D eigenvalue weighted by atomic mass is 35.5. The van der Waals surface area contributed by atoms with Crippen molar-refractivity contribution in [1.82, 2.24) is 4.98 Å². The summed E-state index contributed by atoms with van der Waals surface area (Å²) >= 11 is 13.5.